The third kappa shape index (κ3) is 5.85. The lowest BCUT2D eigenvalue weighted by atomic mass is 10.1. The van der Waals surface area contributed by atoms with Gasteiger partial charge in [-0.2, -0.15) is 15.0 Å². The second kappa shape index (κ2) is 10.3. The second-order valence-electron chi connectivity index (χ2n) is 6.82. The number of rotatable bonds is 10. The Balaban J connectivity index is 1.91. The Kier molecular flexibility index (Phi) is 7.28. The zero-order chi connectivity index (χ0) is 20.5. The van der Waals surface area contributed by atoms with Gasteiger partial charge in [-0.1, -0.05) is 62.4 Å². The minimum absolute atomic E-state index is 0.00839. The molecule has 0 spiro atoms. The van der Waals surface area contributed by atoms with Crippen LogP contribution in [-0.4, -0.2) is 33.8 Å². The quantitative estimate of drug-likeness (QED) is 0.508. The number of para-hydroxylation sites is 1. The number of ketones is 1. The van der Waals surface area contributed by atoms with Crippen LogP contribution in [0.2, 0.25) is 0 Å². The van der Waals surface area contributed by atoms with Gasteiger partial charge in [0.1, 0.15) is 5.82 Å². The topological polar surface area (TPSA) is 71.0 Å². The Bertz CT molecular complexity index is 909. The number of Topliss-reactive ketones (excluding diaryl/α,β-unsaturated/α-hetero) is 1. The number of anilines is 3. The summed E-state index contributed by atoms with van der Waals surface area (Å²) in [6.45, 7) is 5.98. The smallest absolute Gasteiger partial charge is 0.232 e. The SMILES string of the molecule is CCCN(CCC)c1nc(CC(=O)c2ccccc2)nc(Nc2ccccc2)n1. The Hall–Kier alpha value is -3.28. The van der Waals surface area contributed by atoms with Crippen LogP contribution in [0.5, 0.6) is 0 Å². The Morgan fingerprint density at radius 3 is 2.10 bits per heavy atom. The zero-order valence-electron chi connectivity index (χ0n) is 17.0. The molecule has 0 bridgehead atoms. The van der Waals surface area contributed by atoms with Gasteiger partial charge in [0, 0.05) is 24.3 Å². The van der Waals surface area contributed by atoms with Crippen molar-refractivity contribution in [2.75, 3.05) is 23.3 Å². The van der Waals surface area contributed by atoms with Crippen LogP contribution in [0.1, 0.15) is 42.9 Å². The molecule has 0 amide bonds. The molecule has 3 rings (SSSR count). The molecule has 0 saturated heterocycles. The molecule has 150 valence electrons. The molecule has 1 N–H and O–H groups in total. The number of nitrogens with zero attached hydrogens (tertiary/aromatic N) is 4. The van der Waals surface area contributed by atoms with E-state index in [1.807, 2.05) is 60.7 Å². The minimum Gasteiger partial charge on any atom is -0.341 e. The highest BCUT2D eigenvalue weighted by Gasteiger charge is 2.16. The molecular formula is C23H27N5O. The Labute approximate surface area is 172 Å². The molecule has 1 heterocycles. The van der Waals surface area contributed by atoms with Gasteiger partial charge in [0.2, 0.25) is 11.9 Å². The van der Waals surface area contributed by atoms with Crippen molar-refractivity contribution in [2.24, 2.45) is 0 Å². The number of hydrogen-bond acceptors (Lipinski definition) is 6. The van der Waals surface area contributed by atoms with Crippen LogP contribution in [0.4, 0.5) is 17.6 Å². The lowest BCUT2D eigenvalue weighted by molar-refractivity contribution is 0.0991. The molecule has 29 heavy (non-hydrogen) atoms. The second-order valence-corrected chi connectivity index (χ2v) is 6.82. The number of nitrogens with one attached hydrogen (secondary N) is 1. The first-order valence-electron chi connectivity index (χ1n) is 10.1. The molecule has 0 aliphatic rings. The average molecular weight is 390 g/mol. The number of aromatic nitrogens is 3. The van der Waals surface area contributed by atoms with Gasteiger partial charge in [-0.05, 0) is 25.0 Å². The molecule has 0 saturated carbocycles. The number of benzene rings is 2. The van der Waals surface area contributed by atoms with Crippen molar-refractivity contribution >= 4 is 23.4 Å². The van der Waals surface area contributed by atoms with Crippen LogP contribution in [0.25, 0.3) is 0 Å². The van der Waals surface area contributed by atoms with Crippen molar-refractivity contribution in [3.63, 3.8) is 0 Å². The molecule has 0 aliphatic carbocycles. The van der Waals surface area contributed by atoms with E-state index in [4.69, 9.17) is 0 Å². The van der Waals surface area contributed by atoms with E-state index in [-0.39, 0.29) is 12.2 Å². The van der Waals surface area contributed by atoms with Crippen LogP contribution in [0.15, 0.2) is 60.7 Å². The minimum atomic E-state index is -0.00839. The summed E-state index contributed by atoms with van der Waals surface area (Å²) in [6, 6.07) is 19.0. The van der Waals surface area contributed by atoms with Gasteiger partial charge < -0.3 is 10.2 Å². The summed E-state index contributed by atoms with van der Waals surface area (Å²) in [5, 5.41) is 3.24. The average Bonchev–Trinajstić information content (AvgIpc) is 2.75. The molecule has 0 radical (unpaired) electrons. The molecule has 2 aromatic carbocycles. The fourth-order valence-electron chi connectivity index (χ4n) is 3.06. The third-order valence-corrected chi connectivity index (χ3v) is 4.38. The van der Waals surface area contributed by atoms with Crippen LogP contribution >= 0.6 is 0 Å². The third-order valence-electron chi connectivity index (χ3n) is 4.38. The predicted molar refractivity (Wildman–Crippen MR) is 117 cm³/mol. The molecule has 0 atom stereocenters. The Morgan fingerprint density at radius 1 is 0.862 bits per heavy atom. The maximum absolute atomic E-state index is 12.7. The summed E-state index contributed by atoms with van der Waals surface area (Å²) in [6.07, 6.45) is 2.12. The predicted octanol–water partition coefficient (Wildman–Crippen LogP) is 4.67. The molecule has 6 heteroatoms. The van der Waals surface area contributed by atoms with Crippen LogP contribution < -0.4 is 10.2 Å². The lowest BCUT2D eigenvalue weighted by Gasteiger charge is -2.22. The first-order chi connectivity index (χ1) is 14.2. The Morgan fingerprint density at radius 2 is 1.48 bits per heavy atom. The van der Waals surface area contributed by atoms with Gasteiger partial charge in [-0.15, -0.1) is 0 Å². The fraction of sp³-hybridized carbons (Fsp3) is 0.304. The largest absolute Gasteiger partial charge is 0.341 e. The first kappa shape index (κ1) is 20.5. The van der Waals surface area contributed by atoms with Crippen molar-refractivity contribution in [3.8, 4) is 0 Å². The highest BCUT2D eigenvalue weighted by Crippen LogP contribution is 2.17. The lowest BCUT2D eigenvalue weighted by Crippen LogP contribution is -2.28. The van der Waals surface area contributed by atoms with E-state index in [1.54, 1.807) is 0 Å². The summed E-state index contributed by atoms with van der Waals surface area (Å²) >= 11 is 0. The highest BCUT2D eigenvalue weighted by atomic mass is 16.1. The molecule has 6 nitrogen and oxygen atoms in total. The highest BCUT2D eigenvalue weighted by molar-refractivity contribution is 5.97. The molecule has 0 aliphatic heterocycles. The molecule has 0 fully saturated rings. The molecular weight excluding hydrogens is 362 g/mol. The van der Waals surface area contributed by atoms with E-state index in [9.17, 15) is 4.79 Å². The number of carbonyl (C=O) groups is 1. The van der Waals surface area contributed by atoms with Gasteiger partial charge >= 0.3 is 0 Å². The van der Waals surface area contributed by atoms with E-state index in [2.05, 4.69) is 39.0 Å². The summed E-state index contributed by atoms with van der Waals surface area (Å²) in [5.41, 5.74) is 1.55. The summed E-state index contributed by atoms with van der Waals surface area (Å²) in [4.78, 5) is 28.6. The van der Waals surface area contributed by atoms with Crippen molar-refractivity contribution in [1.82, 2.24) is 15.0 Å². The van der Waals surface area contributed by atoms with Crippen molar-refractivity contribution in [1.29, 1.82) is 0 Å². The fourth-order valence-corrected chi connectivity index (χ4v) is 3.06. The van der Waals surface area contributed by atoms with Crippen molar-refractivity contribution in [3.05, 3.63) is 72.1 Å². The van der Waals surface area contributed by atoms with E-state index >= 15 is 0 Å². The van der Waals surface area contributed by atoms with E-state index in [0.717, 1.165) is 31.6 Å². The first-order valence-corrected chi connectivity index (χ1v) is 10.1. The van der Waals surface area contributed by atoms with E-state index in [1.165, 1.54) is 0 Å². The normalized spacial score (nSPS) is 10.6. The molecule has 3 aromatic rings. The van der Waals surface area contributed by atoms with Crippen molar-refractivity contribution in [2.45, 2.75) is 33.1 Å². The standard InChI is InChI=1S/C23H27N5O/c1-3-15-28(16-4-2)23-26-21(17-20(29)18-11-7-5-8-12-18)25-22(27-23)24-19-13-9-6-10-14-19/h5-14H,3-4,15-17H2,1-2H3,(H,24,25,26,27). The van der Waals surface area contributed by atoms with Crippen LogP contribution in [0, 0.1) is 0 Å². The number of carbonyl (C=O) groups excluding carboxylic acids is 1. The van der Waals surface area contributed by atoms with E-state index < -0.39 is 0 Å². The number of hydrogen-bond donors (Lipinski definition) is 1. The van der Waals surface area contributed by atoms with Gasteiger partial charge in [-0.25, -0.2) is 0 Å². The van der Waals surface area contributed by atoms with E-state index in [0.29, 0.717) is 23.3 Å². The summed E-state index contributed by atoms with van der Waals surface area (Å²) in [5.74, 6) is 1.53. The monoisotopic (exact) mass is 389 g/mol. The molecule has 1 aromatic heterocycles. The van der Waals surface area contributed by atoms with Crippen molar-refractivity contribution < 1.29 is 4.79 Å². The zero-order valence-corrected chi connectivity index (χ0v) is 17.0. The van der Waals surface area contributed by atoms with Gasteiger partial charge in [-0.3, -0.25) is 4.79 Å². The maximum atomic E-state index is 12.7. The maximum Gasteiger partial charge on any atom is 0.232 e. The van der Waals surface area contributed by atoms with Crippen LogP contribution in [-0.2, 0) is 6.42 Å². The van der Waals surface area contributed by atoms with Crippen LogP contribution in [0.3, 0.4) is 0 Å². The van der Waals surface area contributed by atoms with Gasteiger partial charge in [0.25, 0.3) is 0 Å². The molecule has 0 unspecified atom stereocenters. The summed E-state index contributed by atoms with van der Waals surface area (Å²) in [7, 11) is 0. The van der Waals surface area contributed by atoms with Gasteiger partial charge in [0.15, 0.2) is 5.78 Å². The van der Waals surface area contributed by atoms with Gasteiger partial charge in [0.05, 0.1) is 6.42 Å². The summed E-state index contributed by atoms with van der Waals surface area (Å²) < 4.78 is 0.